The Labute approximate surface area is 177 Å². The van der Waals surface area contributed by atoms with Crippen LogP contribution in [0.2, 0.25) is 0 Å². The highest BCUT2D eigenvalue weighted by molar-refractivity contribution is 8.00. The molecule has 8 heteroatoms. The third-order valence-corrected chi connectivity index (χ3v) is 6.69. The van der Waals surface area contributed by atoms with Crippen LogP contribution in [0.25, 0.3) is 0 Å². The maximum atomic E-state index is 12.5. The largest absolute Gasteiger partial charge is 0.311 e. The predicted octanol–water partition coefficient (Wildman–Crippen LogP) is 4.10. The van der Waals surface area contributed by atoms with Crippen LogP contribution in [0.15, 0.2) is 59.5 Å². The Morgan fingerprint density at radius 2 is 1.93 bits per heavy atom. The average molecular weight is 425 g/mol. The maximum Gasteiger partial charge on any atom is 0.236 e. The number of benzene rings is 2. The number of hydrogen-bond donors (Lipinski definition) is 1. The lowest BCUT2D eigenvalue weighted by atomic mass is 10.1. The van der Waals surface area contributed by atoms with E-state index in [0.29, 0.717) is 23.8 Å². The number of thioether (sulfide) groups is 1. The van der Waals surface area contributed by atoms with Crippen LogP contribution in [-0.2, 0) is 9.59 Å². The van der Waals surface area contributed by atoms with Gasteiger partial charge in [-0.3, -0.25) is 14.9 Å². The molecule has 4 rings (SSSR count). The molecule has 2 aromatic carbocycles. The Kier molecular flexibility index (Phi) is 5.92. The summed E-state index contributed by atoms with van der Waals surface area (Å²) in [6.45, 7) is 2.58. The van der Waals surface area contributed by atoms with Gasteiger partial charge in [0.15, 0.2) is 0 Å². The fourth-order valence-electron chi connectivity index (χ4n) is 3.24. The second kappa shape index (κ2) is 8.75. The minimum atomic E-state index is -0.120. The zero-order valence-corrected chi connectivity index (χ0v) is 17.5. The lowest BCUT2D eigenvalue weighted by molar-refractivity contribution is -0.117. The summed E-state index contributed by atoms with van der Waals surface area (Å²) in [6, 6.07) is 17.6. The first-order valence-corrected chi connectivity index (χ1v) is 11.1. The number of rotatable bonds is 6. The molecule has 1 aliphatic rings. The van der Waals surface area contributed by atoms with E-state index in [0.717, 1.165) is 21.2 Å². The fourth-order valence-corrected chi connectivity index (χ4v) is 4.81. The number of carbonyl (C=O) groups excluding carboxylic acids is 2. The number of aromatic nitrogens is 2. The summed E-state index contributed by atoms with van der Waals surface area (Å²) in [5.74, 6) is 0.265. The topological polar surface area (TPSA) is 75.2 Å². The van der Waals surface area contributed by atoms with Gasteiger partial charge < -0.3 is 4.90 Å². The van der Waals surface area contributed by atoms with Crippen molar-refractivity contribution in [3.05, 3.63) is 65.2 Å². The van der Waals surface area contributed by atoms with Gasteiger partial charge in [0, 0.05) is 29.5 Å². The molecule has 0 bridgehead atoms. The fraction of sp³-hybridized carbons (Fsp3) is 0.238. The van der Waals surface area contributed by atoms with Crippen molar-refractivity contribution in [3.8, 4) is 0 Å². The molecule has 148 valence electrons. The Bertz CT molecular complexity index is 1020. The molecule has 1 aromatic heterocycles. The summed E-state index contributed by atoms with van der Waals surface area (Å²) in [7, 11) is 0. The minimum absolute atomic E-state index is 0.0102. The van der Waals surface area contributed by atoms with Crippen LogP contribution in [0, 0.1) is 6.92 Å². The van der Waals surface area contributed by atoms with E-state index in [1.54, 1.807) is 0 Å². The Balaban J connectivity index is 1.36. The molecule has 6 nitrogen and oxygen atoms in total. The summed E-state index contributed by atoms with van der Waals surface area (Å²) < 4.78 is 0. The van der Waals surface area contributed by atoms with Crippen molar-refractivity contribution < 1.29 is 9.59 Å². The molecule has 0 radical (unpaired) electrons. The van der Waals surface area contributed by atoms with E-state index in [4.69, 9.17) is 0 Å². The van der Waals surface area contributed by atoms with Gasteiger partial charge in [0.1, 0.15) is 5.01 Å². The normalized spacial score (nSPS) is 16.2. The number of amides is 2. The van der Waals surface area contributed by atoms with Gasteiger partial charge in [0.2, 0.25) is 16.9 Å². The van der Waals surface area contributed by atoms with E-state index in [1.807, 2.05) is 66.4 Å². The van der Waals surface area contributed by atoms with Crippen LogP contribution in [0.4, 0.5) is 10.8 Å². The summed E-state index contributed by atoms with van der Waals surface area (Å²) >= 11 is 2.81. The first-order chi connectivity index (χ1) is 14.1. The van der Waals surface area contributed by atoms with Gasteiger partial charge >= 0.3 is 0 Å². The third-order valence-electron chi connectivity index (χ3n) is 4.68. The van der Waals surface area contributed by atoms with Crippen molar-refractivity contribution in [2.45, 2.75) is 24.2 Å². The molecule has 1 saturated heterocycles. The van der Waals surface area contributed by atoms with Gasteiger partial charge in [-0.1, -0.05) is 47.7 Å². The van der Waals surface area contributed by atoms with Crippen molar-refractivity contribution in [1.82, 2.24) is 10.2 Å². The molecule has 1 fully saturated rings. The smallest absolute Gasteiger partial charge is 0.236 e. The van der Waals surface area contributed by atoms with Crippen LogP contribution in [0.3, 0.4) is 0 Å². The van der Waals surface area contributed by atoms with Crippen LogP contribution in [0.1, 0.15) is 22.9 Å². The zero-order chi connectivity index (χ0) is 20.2. The maximum absolute atomic E-state index is 12.5. The van der Waals surface area contributed by atoms with E-state index in [9.17, 15) is 9.59 Å². The molecule has 29 heavy (non-hydrogen) atoms. The van der Waals surface area contributed by atoms with Crippen molar-refractivity contribution in [2.24, 2.45) is 0 Å². The van der Waals surface area contributed by atoms with Crippen molar-refractivity contribution in [3.63, 3.8) is 0 Å². The molecule has 1 N–H and O–H groups in total. The predicted molar refractivity (Wildman–Crippen MR) is 117 cm³/mol. The van der Waals surface area contributed by atoms with Crippen LogP contribution in [0.5, 0.6) is 0 Å². The Morgan fingerprint density at radius 3 is 2.72 bits per heavy atom. The van der Waals surface area contributed by atoms with Gasteiger partial charge in [-0.2, -0.15) is 0 Å². The molecule has 3 aromatic rings. The zero-order valence-electron chi connectivity index (χ0n) is 15.9. The summed E-state index contributed by atoms with van der Waals surface area (Å²) in [5.41, 5.74) is 2.01. The number of para-hydroxylation sites is 1. The quantitative estimate of drug-likeness (QED) is 0.603. The standard InChI is InChI=1S/C21H20N4O2S2/c1-14-7-5-6-10-17(14)25-12-15(11-19(25)27)20-23-24-21(29-20)22-18(26)13-28-16-8-3-2-4-9-16/h2-10,15H,11-13H2,1H3,(H,22,24,26). The van der Waals surface area contributed by atoms with Crippen molar-refractivity contribution in [2.75, 3.05) is 22.5 Å². The number of aryl methyl sites for hydroxylation is 1. The molecule has 2 heterocycles. The van der Waals surface area contributed by atoms with Gasteiger partial charge in [0.05, 0.1) is 5.75 Å². The lowest BCUT2D eigenvalue weighted by Gasteiger charge is -2.18. The highest BCUT2D eigenvalue weighted by Gasteiger charge is 2.34. The van der Waals surface area contributed by atoms with Gasteiger partial charge in [-0.15, -0.1) is 22.0 Å². The Morgan fingerprint density at radius 1 is 1.17 bits per heavy atom. The van der Waals surface area contributed by atoms with Crippen molar-refractivity contribution in [1.29, 1.82) is 0 Å². The molecule has 1 atom stereocenters. The third kappa shape index (κ3) is 4.65. The molecular formula is C21H20N4O2S2. The van der Waals surface area contributed by atoms with Gasteiger partial charge in [0.25, 0.3) is 0 Å². The van der Waals surface area contributed by atoms with E-state index in [-0.39, 0.29) is 17.7 Å². The minimum Gasteiger partial charge on any atom is -0.311 e. The Hall–Kier alpha value is -2.71. The lowest BCUT2D eigenvalue weighted by Crippen LogP contribution is -2.25. The molecule has 0 saturated carbocycles. The molecule has 0 spiro atoms. The molecular weight excluding hydrogens is 404 g/mol. The number of carbonyl (C=O) groups is 2. The second-order valence-electron chi connectivity index (χ2n) is 6.79. The van der Waals surface area contributed by atoms with Crippen LogP contribution in [-0.4, -0.2) is 34.3 Å². The van der Waals surface area contributed by atoms with Crippen LogP contribution >= 0.6 is 23.1 Å². The number of nitrogens with zero attached hydrogens (tertiary/aromatic N) is 3. The number of hydrogen-bond acceptors (Lipinski definition) is 6. The average Bonchev–Trinajstić information content (AvgIpc) is 3.34. The molecule has 1 unspecified atom stereocenters. The second-order valence-corrected chi connectivity index (χ2v) is 8.85. The summed E-state index contributed by atoms with van der Waals surface area (Å²) in [4.78, 5) is 27.6. The molecule has 2 amide bonds. The van der Waals surface area contributed by atoms with Crippen molar-refractivity contribution >= 4 is 45.7 Å². The first kappa shape index (κ1) is 19.6. The van der Waals surface area contributed by atoms with Gasteiger partial charge in [-0.05, 0) is 30.7 Å². The summed E-state index contributed by atoms with van der Waals surface area (Å²) in [5, 5.41) is 12.4. The highest BCUT2D eigenvalue weighted by Crippen LogP contribution is 2.35. The van der Waals surface area contributed by atoms with E-state index >= 15 is 0 Å². The summed E-state index contributed by atoms with van der Waals surface area (Å²) in [6.07, 6.45) is 0.404. The van der Waals surface area contributed by atoms with E-state index < -0.39 is 0 Å². The van der Waals surface area contributed by atoms with E-state index in [1.165, 1.54) is 23.1 Å². The molecule has 1 aliphatic heterocycles. The van der Waals surface area contributed by atoms with E-state index in [2.05, 4.69) is 15.5 Å². The molecule has 0 aliphatic carbocycles. The number of anilines is 2. The van der Waals surface area contributed by atoms with Crippen LogP contribution < -0.4 is 10.2 Å². The monoisotopic (exact) mass is 424 g/mol. The number of nitrogens with one attached hydrogen (secondary N) is 1. The SMILES string of the molecule is Cc1ccccc1N1CC(c2nnc(NC(=O)CSc3ccccc3)s2)CC1=O. The van der Waals surface area contributed by atoms with Gasteiger partial charge in [-0.25, -0.2) is 0 Å². The highest BCUT2D eigenvalue weighted by atomic mass is 32.2. The first-order valence-electron chi connectivity index (χ1n) is 9.27.